The first kappa shape index (κ1) is 30.7. The van der Waals surface area contributed by atoms with Crippen molar-refractivity contribution in [3.63, 3.8) is 0 Å². The molecule has 42 heavy (non-hydrogen) atoms. The van der Waals surface area contributed by atoms with Gasteiger partial charge in [-0.3, -0.25) is 19.3 Å². The van der Waals surface area contributed by atoms with Crippen LogP contribution in [0.4, 0.5) is 0 Å². The summed E-state index contributed by atoms with van der Waals surface area (Å²) in [7, 11) is 0. The molecule has 1 N–H and O–H groups in total. The van der Waals surface area contributed by atoms with Gasteiger partial charge in [0.15, 0.2) is 12.0 Å². The van der Waals surface area contributed by atoms with Crippen LogP contribution in [0, 0.1) is 5.92 Å². The van der Waals surface area contributed by atoms with E-state index < -0.39 is 54.2 Å². The zero-order valence-electron chi connectivity index (χ0n) is 23.6. The number of hydrogen-bond donors (Lipinski definition) is 1. The van der Waals surface area contributed by atoms with Gasteiger partial charge in [0.2, 0.25) is 12.2 Å². The second-order valence-corrected chi connectivity index (χ2v) is 10.5. The van der Waals surface area contributed by atoms with Crippen molar-refractivity contribution in [3.8, 4) is 5.75 Å². The van der Waals surface area contributed by atoms with Crippen molar-refractivity contribution in [2.75, 3.05) is 6.61 Å². The van der Waals surface area contributed by atoms with Crippen LogP contribution in [0.15, 0.2) is 78.1 Å². The maximum atomic E-state index is 12.9. The molecule has 2 aromatic carbocycles. The largest absolute Gasteiger partial charge is 0.465 e. The third-order valence-corrected chi connectivity index (χ3v) is 7.27. The number of hydrogen-bond acceptors (Lipinski definition) is 9. The molecule has 0 aliphatic carbocycles. The van der Waals surface area contributed by atoms with Gasteiger partial charge in [0.05, 0.1) is 25.0 Å². The van der Waals surface area contributed by atoms with Crippen LogP contribution in [0.1, 0.15) is 45.3 Å². The highest BCUT2D eigenvalue weighted by Crippen LogP contribution is 2.38. The summed E-state index contributed by atoms with van der Waals surface area (Å²) in [6, 6.07) is 18.3. The molecule has 0 radical (unpaired) electrons. The van der Waals surface area contributed by atoms with E-state index in [0.29, 0.717) is 5.75 Å². The van der Waals surface area contributed by atoms with Crippen molar-refractivity contribution in [2.45, 2.75) is 70.0 Å². The van der Waals surface area contributed by atoms with E-state index in [9.17, 15) is 25.0 Å². The molecule has 222 valence electrons. The third-order valence-electron chi connectivity index (χ3n) is 7.27. The zero-order valence-corrected chi connectivity index (χ0v) is 23.6. The SMILES string of the molecule is C[C@H](CC(OC[C@H]1O[C@@H](N2C=CC(=O)CC2=O)[C@](C)(N=[N+]=[N-])[C@@H]1O)Oc1ccccc1)C(=O)O[C@@H](C)c1ccccc1. The van der Waals surface area contributed by atoms with Crippen LogP contribution in [0.2, 0.25) is 0 Å². The lowest BCUT2D eigenvalue weighted by Crippen LogP contribution is -2.52. The molecule has 0 bridgehead atoms. The number of aliphatic hydroxyl groups excluding tert-OH is 1. The minimum atomic E-state index is -1.58. The van der Waals surface area contributed by atoms with E-state index in [2.05, 4.69) is 10.0 Å². The van der Waals surface area contributed by atoms with Crippen molar-refractivity contribution in [3.05, 3.63) is 88.9 Å². The minimum absolute atomic E-state index is 0.116. The van der Waals surface area contributed by atoms with Gasteiger partial charge in [0, 0.05) is 17.5 Å². The predicted molar refractivity (Wildman–Crippen MR) is 149 cm³/mol. The molecule has 0 spiro atoms. The summed E-state index contributed by atoms with van der Waals surface area (Å²) < 4.78 is 23.7. The number of azide groups is 1. The summed E-state index contributed by atoms with van der Waals surface area (Å²) in [6.07, 6.45) is -2.77. The number of amides is 1. The summed E-state index contributed by atoms with van der Waals surface area (Å²) in [6.45, 7) is 4.74. The van der Waals surface area contributed by atoms with Crippen LogP contribution in [-0.4, -0.2) is 64.5 Å². The van der Waals surface area contributed by atoms with E-state index in [1.165, 1.54) is 19.2 Å². The number of ketones is 1. The Balaban J connectivity index is 1.46. The second-order valence-electron chi connectivity index (χ2n) is 10.5. The molecule has 0 saturated carbocycles. The number of rotatable bonds is 12. The summed E-state index contributed by atoms with van der Waals surface area (Å²) in [4.78, 5) is 41.2. The Bertz CT molecular complexity index is 1330. The van der Waals surface area contributed by atoms with E-state index >= 15 is 0 Å². The molecular formula is C30H34N4O8. The van der Waals surface area contributed by atoms with Gasteiger partial charge in [-0.2, -0.15) is 0 Å². The molecule has 7 atom stereocenters. The molecule has 12 heteroatoms. The first-order valence-corrected chi connectivity index (χ1v) is 13.6. The van der Waals surface area contributed by atoms with Crippen LogP contribution >= 0.6 is 0 Å². The Labute approximate surface area is 243 Å². The van der Waals surface area contributed by atoms with Crippen molar-refractivity contribution in [2.24, 2.45) is 11.0 Å². The number of carbonyl (C=O) groups is 3. The van der Waals surface area contributed by atoms with Crippen LogP contribution in [-0.2, 0) is 28.6 Å². The van der Waals surface area contributed by atoms with Crippen molar-refractivity contribution >= 4 is 17.7 Å². The number of allylic oxidation sites excluding steroid dienone is 1. The molecule has 1 unspecified atom stereocenters. The quantitative estimate of drug-likeness (QED) is 0.0979. The summed E-state index contributed by atoms with van der Waals surface area (Å²) in [5, 5.41) is 14.9. The molecule has 2 aromatic rings. The lowest BCUT2D eigenvalue weighted by molar-refractivity contribution is -0.164. The molecule has 12 nitrogen and oxygen atoms in total. The molecule has 1 saturated heterocycles. The Morgan fingerprint density at radius 1 is 1.17 bits per heavy atom. The van der Waals surface area contributed by atoms with E-state index in [1.807, 2.05) is 36.4 Å². The van der Waals surface area contributed by atoms with Crippen LogP contribution < -0.4 is 4.74 Å². The Hall–Kier alpha value is -4.22. The molecule has 2 heterocycles. The summed E-state index contributed by atoms with van der Waals surface area (Å²) in [5.41, 5.74) is 8.49. The fourth-order valence-corrected chi connectivity index (χ4v) is 4.81. The number of aliphatic hydroxyl groups is 1. The Kier molecular flexibility index (Phi) is 9.97. The van der Waals surface area contributed by atoms with Gasteiger partial charge in [-0.05, 0) is 43.2 Å². The maximum absolute atomic E-state index is 12.9. The highest BCUT2D eigenvalue weighted by atomic mass is 16.7. The van der Waals surface area contributed by atoms with Gasteiger partial charge < -0.3 is 24.1 Å². The summed E-state index contributed by atoms with van der Waals surface area (Å²) >= 11 is 0. The van der Waals surface area contributed by atoms with Crippen molar-refractivity contribution < 1.29 is 38.4 Å². The highest BCUT2D eigenvalue weighted by Gasteiger charge is 2.56. The fraction of sp³-hybridized carbons (Fsp3) is 0.433. The van der Waals surface area contributed by atoms with E-state index in [-0.39, 0.29) is 25.2 Å². The van der Waals surface area contributed by atoms with Gasteiger partial charge in [0.25, 0.3) is 0 Å². The number of benzene rings is 2. The topological polar surface area (TPSA) is 160 Å². The van der Waals surface area contributed by atoms with Gasteiger partial charge >= 0.3 is 5.97 Å². The smallest absolute Gasteiger partial charge is 0.309 e. The molecular weight excluding hydrogens is 544 g/mol. The average molecular weight is 579 g/mol. The minimum Gasteiger partial charge on any atom is -0.465 e. The van der Waals surface area contributed by atoms with Crippen LogP contribution in [0.5, 0.6) is 5.75 Å². The summed E-state index contributed by atoms with van der Waals surface area (Å²) in [5.74, 6) is -1.47. The standard InChI is InChI=1S/C30H34N4O8/c1-19(28(38)40-20(2)21-10-6-4-7-11-21)16-26(41-23-12-8-5-9-13-23)39-18-24-27(37)30(3,32-33-31)29(42-24)34-15-14-22(35)17-25(34)36/h4-15,19-20,24,26-27,29,37H,16-18H2,1-3H3/t19-,20+,24-,26?,27-,29-,30-/m1/s1. The molecule has 4 rings (SSSR count). The molecule has 2 aliphatic heterocycles. The number of para-hydroxylation sites is 1. The lowest BCUT2D eigenvalue weighted by atomic mass is 9.92. The van der Waals surface area contributed by atoms with Crippen molar-refractivity contribution in [1.29, 1.82) is 0 Å². The number of carbonyl (C=O) groups excluding carboxylic acids is 3. The van der Waals surface area contributed by atoms with Gasteiger partial charge in [-0.15, -0.1) is 0 Å². The van der Waals surface area contributed by atoms with Crippen LogP contribution in [0.3, 0.4) is 0 Å². The van der Waals surface area contributed by atoms with Gasteiger partial charge in [0.1, 0.15) is 23.5 Å². The molecule has 1 amide bonds. The molecule has 1 fully saturated rings. The lowest BCUT2D eigenvalue weighted by Gasteiger charge is -2.35. The van der Waals surface area contributed by atoms with Gasteiger partial charge in [-0.25, -0.2) is 0 Å². The first-order valence-electron chi connectivity index (χ1n) is 13.6. The van der Waals surface area contributed by atoms with E-state index in [1.54, 1.807) is 38.1 Å². The van der Waals surface area contributed by atoms with Crippen LogP contribution in [0.25, 0.3) is 10.4 Å². The monoisotopic (exact) mass is 578 g/mol. The number of nitrogens with zero attached hydrogens (tertiary/aromatic N) is 4. The van der Waals surface area contributed by atoms with Gasteiger partial charge in [-0.1, -0.05) is 60.6 Å². The number of esters is 1. The predicted octanol–water partition coefficient (Wildman–Crippen LogP) is 4.21. The maximum Gasteiger partial charge on any atom is 0.309 e. The van der Waals surface area contributed by atoms with Crippen molar-refractivity contribution in [1.82, 2.24) is 4.90 Å². The Morgan fingerprint density at radius 3 is 2.48 bits per heavy atom. The third kappa shape index (κ3) is 7.15. The average Bonchev–Trinajstić information content (AvgIpc) is 3.22. The van der Waals surface area contributed by atoms with E-state index in [4.69, 9.17) is 18.9 Å². The highest BCUT2D eigenvalue weighted by molar-refractivity contribution is 6.06. The Morgan fingerprint density at radius 2 is 1.83 bits per heavy atom. The second kappa shape index (κ2) is 13.6. The number of ether oxygens (including phenoxy) is 4. The van der Waals surface area contributed by atoms with E-state index in [0.717, 1.165) is 10.5 Å². The molecule has 2 aliphatic rings. The normalized spacial score (nSPS) is 25.8. The molecule has 0 aromatic heterocycles. The fourth-order valence-electron chi connectivity index (χ4n) is 4.81. The first-order chi connectivity index (χ1) is 20.1. The zero-order chi connectivity index (χ0) is 30.3.